The monoisotopic (exact) mass is 313 g/mol. The van der Waals surface area contributed by atoms with Gasteiger partial charge in [-0.2, -0.15) is 0 Å². The summed E-state index contributed by atoms with van der Waals surface area (Å²) in [6.45, 7) is 2.81. The lowest BCUT2D eigenvalue weighted by Crippen LogP contribution is -2.04. The smallest absolute Gasteiger partial charge is 0.313 e. The van der Waals surface area contributed by atoms with E-state index >= 15 is 0 Å². The van der Waals surface area contributed by atoms with Crippen LogP contribution >= 0.6 is 23.1 Å². The van der Waals surface area contributed by atoms with Crippen molar-refractivity contribution in [3.8, 4) is 16.5 Å². The number of aliphatic carboxylic acids is 1. The van der Waals surface area contributed by atoms with E-state index in [-0.39, 0.29) is 5.75 Å². The topological polar surface area (TPSA) is 77.2 Å². The van der Waals surface area contributed by atoms with E-state index in [0.29, 0.717) is 5.16 Å². The van der Waals surface area contributed by atoms with Crippen LogP contribution in [0.15, 0.2) is 16.6 Å². The first-order chi connectivity index (χ1) is 9.65. The van der Waals surface area contributed by atoms with Crippen LogP contribution in [-0.4, -0.2) is 38.7 Å². The average Bonchev–Trinajstić information content (AvgIpc) is 3.03. The summed E-state index contributed by atoms with van der Waals surface area (Å²) in [6.07, 6.45) is 0.925. The Bertz CT molecular complexity index is 595. The van der Waals surface area contributed by atoms with Crippen LogP contribution in [0.25, 0.3) is 10.7 Å². The fourth-order valence-corrected chi connectivity index (χ4v) is 3.21. The molecule has 0 fully saturated rings. The normalized spacial score (nSPS) is 10.7. The molecule has 0 aliphatic carbocycles. The van der Waals surface area contributed by atoms with Crippen LogP contribution in [0.2, 0.25) is 0 Å². The van der Waals surface area contributed by atoms with Crippen LogP contribution in [0.3, 0.4) is 0 Å². The summed E-state index contributed by atoms with van der Waals surface area (Å²) in [7, 11) is 1.62. The molecule has 8 heteroatoms. The molecular formula is C12H15N3O3S2. The molecule has 0 aliphatic heterocycles. The van der Waals surface area contributed by atoms with E-state index in [2.05, 4.69) is 17.1 Å². The van der Waals surface area contributed by atoms with E-state index in [4.69, 9.17) is 9.84 Å². The molecule has 0 unspecified atom stereocenters. The maximum atomic E-state index is 10.7. The van der Waals surface area contributed by atoms with Crippen molar-refractivity contribution >= 4 is 29.1 Å². The molecule has 0 spiro atoms. The Morgan fingerprint density at radius 2 is 2.35 bits per heavy atom. The summed E-state index contributed by atoms with van der Waals surface area (Å²) in [6, 6.07) is 1.91. The Hall–Kier alpha value is -1.54. The maximum Gasteiger partial charge on any atom is 0.313 e. The van der Waals surface area contributed by atoms with Crippen molar-refractivity contribution in [2.45, 2.75) is 25.0 Å². The van der Waals surface area contributed by atoms with Gasteiger partial charge in [0.1, 0.15) is 5.75 Å². The van der Waals surface area contributed by atoms with Gasteiger partial charge in [0, 0.05) is 18.0 Å². The first kappa shape index (κ1) is 14.9. The lowest BCUT2D eigenvalue weighted by atomic mass is 10.4. The molecule has 2 aromatic heterocycles. The number of ether oxygens (including phenoxy) is 1. The maximum absolute atomic E-state index is 10.7. The number of nitrogens with zero attached hydrogens (tertiary/aromatic N) is 3. The second-order valence-electron chi connectivity index (χ2n) is 3.99. The molecule has 2 aromatic rings. The third kappa shape index (κ3) is 3.31. The number of methoxy groups -OCH3 is 1. The van der Waals surface area contributed by atoms with Crippen molar-refractivity contribution in [3.63, 3.8) is 0 Å². The highest BCUT2D eigenvalue weighted by Gasteiger charge is 2.16. The van der Waals surface area contributed by atoms with Crippen molar-refractivity contribution in [2.24, 2.45) is 0 Å². The van der Waals surface area contributed by atoms with E-state index in [0.717, 1.165) is 29.4 Å². The minimum absolute atomic E-state index is 0.0182. The van der Waals surface area contributed by atoms with Crippen molar-refractivity contribution in [1.29, 1.82) is 0 Å². The molecule has 108 valence electrons. The molecule has 6 nitrogen and oxygen atoms in total. The number of thiophene rings is 1. The van der Waals surface area contributed by atoms with Crippen molar-refractivity contribution in [3.05, 3.63) is 11.4 Å². The van der Waals surface area contributed by atoms with E-state index in [1.54, 1.807) is 7.11 Å². The quantitative estimate of drug-likeness (QED) is 0.792. The number of thioether (sulfide) groups is 1. The summed E-state index contributed by atoms with van der Waals surface area (Å²) in [4.78, 5) is 11.6. The number of hydrogen-bond donors (Lipinski definition) is 1. The van der Waals surface area contributed by atoms with Crippen LogP contribution in [0, 0.1) is 0 Å². The summed E-state index contributed by atoms with van der Waals surface area (Å²) < 4.78 is 7.13. The zero-order valence-electron chi connectivity index (χ0n) is 11.2. The van der Waals surface area contributed by atoms with Crippen LogP contribution in [0.4, 0.5) is 0 Å². The summed E-state index contributed by atoms with van der Waals surface area (Å²) in [5.74, 6) is 0.666. The van der Waals surface area contributed by atoms with Gasteiger partial charge in [-0.25, -0.2) is 0 Å². The largest absolute Gasteiger partial charge is 0.496 e. The van der Waals surface area contributed by atoms with Gasteiger partial charge in [0.2, 0.25) is 0 Å². The van der Waals surface area contributed by atoms with Gasteiger partial charge in [0.15, 0.2) is 11.0 Å². The molecule has 20 heavy (non-hydrogen) atoms. The molecule has 0 bridgehead atoms. The molecule has 0 radical (unpaired) electrons. The number of carboxylic acid groups (broad SMARTS) is 1. The zero-order valence-corrected chi connectivity index (χ0v) is 12.8. The number of rotatable bonds is 7. The Labute approximate surface area is 124 Å². The average molecular weight is 313 g/mol. The predicted octanol–water partition coefficient (Wildman–Crippen LogP) is 2.60. The van der Waals surface area contributed by atoms with Gasteiger partial charge in [0.25, 0.3) is 0 Å². The highest BCUT2D eigenvalue weighted by atomic mass is 32.2. The van der Waals surface area contributed by atoms with Gasteiger partial charge in [-0.05, 0) is 6.42 Å². The lowest BCUT2D eigenvalue weighted by molar-refractivity contribution is -0.133. The first-order valence-corrected chi connectivity index (χ1v) is 7.93. The van der Waals surface area contributed by atoms with Crippen LogP contribution in [0.5, 0.6) is 5.75 Å². The summed E-state index contributed by atoms with van der Waals surface area (Å²) in [5.41, 5.74) is 0. The Morgan fingerprint density at radius 1 is 1.55 bits per heavy atom. The van der Waals surface area contributed by atoms with Gasteiger partial charge in [-0.15, -0.1) is 21.5 Å². The molecule has 1 N–H and O–H groups in total. The predicted molar refractivity (Wildman–Crippen MR) is 78.5 cm³/mol. The number of carboxylic acids is 1. The van der Waals surface area contributed by atoms with Gasteiger partial charge in [-0.1, -0.05) is 18.7 Å². The van der Waals surface area contributed by atoms with Crippen LogP contribution in [-0.2, 0) is 11.3 Å². The van der Waals surface area contributed by atoms with E-state index < -0.39 is 5.97 Å². The Balaban J connectivity index is 2.30. The van der Waals surface area contributed by atoms with E-state index in [9.17, 15) is 4.79 Å². The van der Waals surface area contributed by atoms with E-state index in [1.807, 2.05) is 16.0 Å². The standard InChI is InChI=1S/C12H15N3O3S2/c1-3-4-15-11(9-5-8(18-2)6-19-9)13-14-12(15)20-7-10(16)17/h5-6H,3-4,7H2,1-2H3,(H,16,17). The third-order valence-electron chi connectivity index (χ3n) is 2.52. The first-order valence-electron chi connectivity index (χ1n) is 6.06. The molecule has 0 aromatic carbocycles. The minimum Gasteiger partial charge on any atom is -0.496 e. The molecule has 0 amide bonds. The van der Waals surface area contributed by atoms with E-state index in [1.165, 1.54) is 23.1 Å². The molecule has 0 aliphatic rings. The highest BCUT2D eigenvalue weighted by Crippen LogP contribution is 2.32. The van der Waals surface area contributed by atoms with Crippen LogP contribution in [0.1, 0.15) is 13.3 Å². The fraction of sp³-hybridized carbons (Fsp3) is 0.417. The van der Waals surface area contributed by atoms with Crippen molar-refractivity contribution < 1.29 is 14.6 Å². The molecule has 0 atom stereocenters. The third-order valence-corrected chi connectivity index (χ3v) is 4.38. The summed E-state index contributed by atoms with van der Waals surface area (Å²) >= 11 is 2.72. The van der Waals surface area contributed by atoms with Crippen molar-refractivity contribution in [2.75, 3.05) is 12.9 Å². The molecular weight excluding hydrogens is 298 g/mol. The molecule has 2 rings (SSSR count). The summed E-state index contributed by atoms with van der Waals surface area (Å²) in [5, 5.41) is 19.6. The molecule has 2 heterocycles. The molecule has 0 saturated heterocycles. The second kappa shape index (κ2) is 6.76. The van der Waals surface area contributed by atoms with Gasteiger partial charge >= 0.3 is 5.97 Å². The number of hydrogen-bond acceptors (Lipinski definition) is 6. The zero-order chi connectivity index (χ0) is 14.5. The van der Waals surface area contributed by atoms with Gasteiger partial charge < -0.3 is 14.4 Å². The van der Waals surface area contributed by atoms with Crippen molar-refractivity contribution in [1.82, 2.24) is 14.8 Å². The SMILES string of the molecule is CCCn1c(SCC(=O)O)nnc1-c1cc(OC)cs1. The fourth-order valence-electron chi connectivity index (χ4n) is 1.67. The Morgan fingerprint density at radius 3 is 2.95 bits per heavy atom. The minimum atomic E-state index is -0.861. The second-order valence-corrected chi connectivity index (χ2v) is 5.84. The van der Waals surface area contributed by atoms with Crippen LogP contribution < -0.4 is 4.74 Å². The number of carbonyl (C=O) groups is 1. The number of aromatic nitrogens is 3. The van der Waals surface area contributed by atoms with Gasteiger partial charge in [0.05, 0.1) is 17.7 Å². The van der Waals surface area contributed by atoms with Gasteiger partial charge in [-0.3, -0.25) is 4.79 Å². The Kier molecular flexibility index (Phi) is 5.02. The lowest BCUT2D eigenvalue weighted by Gasteiger charge is -2.06. The molecule has 0 saturated carbocycles. The highest BCUT2D eigenvalue weighted by molar-refractivity contribution is 7.99.